The van der Waals surface area contributed by atoms with Gasteiger partial charge in [-0.25, -0.2) is 0 Å². The van der Waals surface area contributed by atoms with Crippen molar-refractivity contribution in [1.29, 1.82) is 0 Å². The van der Waals surface area contributed by atoms with Crippen LogP contribution in [0.1, 0.15) is 60.9 Å². The van der Waals surface area contributed by atoms with Crippen molar-refractivity contribution in [3.63, 3.8) is 0 Å². The monoisotopic (exact) mass is 445 g/mol. The first kappa shape index (κ1) is 21.2. The Hall–Kier alpha value is -1.52. The molecule has 0 bridgehead atoms. The SMILES string of the molecule is CCCN(CCC)C1CCc2cc(O)c(O)c(Cc3ccccc3CBr)c2C1. The van der Waals surface area contributed by atoms with Crippen LogP contribution >= 0.6 is 15.9 Å². The first-order valence-electron chi connectivity index (χ1n) is 10.5. The summed E-state index contributed by atoms with van der Waals surface area (Å²) >= 11 is 3.57. The summed E-state index contributed by atoms with van der Waals surface area (Å²) in [5.74, 6) is 0.0730. The van der Waals surface area contributed by atoms with E-state index in [0.717, 1.165) is 56.1 Å². The summed E-state index contributed by atoms with van der Waals surface area (Å²) in [5, 5.41) is 21.9. The molecule has 0 radical (unpaired) electrons. The Morgan fingerprint density at radius 2 is 1.75 bits per heavy atom. The van der Waals surface area contributed by atoms with Crippen LogP contribution in [0.5, 0.6) is 11.5 Å². The molecule has 0 amide bonds. The average molecular weight is 446 g/mol. The maximum atomic E-state index is 10.7. The average Bonchev–Trinajstić information content (AvgIpc) is 2.71. The van der Waals surface area contributed by atoms with E-state index in [1.165, 1.54) is 22.3 Å². The third-order valence-electron chi connectivity index (χ3n) is 5.95. The number of phenolic OH excluding ortho intramolecular Hbond substituents is 2. The van der Waals surface area contributed by atoms with E-state index in [-0.39, 0.29) is 11.5 Å². The quantitative estimate of drug-likeness (QED) is 0.412. The van der Waals surface area contributed by atoms with Crippen molar-refractivity contribution in [3.8, 4) is 11.5 Å². The lowest BCUT2D eigenvalue weighted by Crippen LogP contribution is -2.40. The Morgan fingerprint density at radius 3 is 2.39 bits per heavy atom. The van der Waals surface area contributed by atoms with Crippen molar-refractivity contribution in [3.05, 3.63) is 58.1 Å². The summed E-state index contributed by atoms with van der Waals surface area (Å²) in [6, 6.07) is 10.6. The predicted molar refractivity (Wildman–Crippen MR) is 120 cm³/mol. The number of hydrogen-bond acceptors (Lipinski definition) is 3. The normalized spacial score (nSPS) is 16.4. The molecule has 0 spiro atoms. The molecule has 2 N–H and O–H groups in total. The standard InChI is InChI=1S/C24H32BrNO2/c1-3-11-26(12-4-2)20-10-9-18-14-23(27)24(28)22(21(18)15-20)13-17-7-5-6-8-19(17)16-25/h5-8,14,20,27-28H,3-4,9-13,15-16H2,1-2H3. The van der Waals surface area contributed by atoms with Gasteiger partial charge < -0.3 is 15.1 Å². The van der Waals surface area contributed by atoms with E-state index in [2.05, 4.69) is 46.8 Å². The van der Waals surface area contributed by atoms with Gasteiger partial charge in [-0.15, -0.1) is 0 Å². The Morgan fingerprint density at radius 1 is 1.07 bits per heavy atom. The Labute approximate surface area is 177 Å². The van der Waals surface area contributed by atoms with Crippen molar-refractivity contribution >= 4 is 15.9 Å². The number of benzene rings is 2. The molecule has 2 aromatic rings. The molecule has 0 saturated carbocycles. The molecule has 2 aromatic carbocycles. The fraction of sp³-hybridized carbons (Fsp3) is 0.500. The maximum absolute atomic E-state index is 10.7. The lowest BCUT2D eigenvalue weighted by atomic mass is 9.82. The van der Waals surface area contributed by atoms with Gasteiger partial charge in [0.25, 0.3) is 0 Å². The molecule has 1 atom stereocenters. The molecule has 1 aliphatic rings. The Bertz CT molecular complexity index is 799. The second-order valence-corrected chi connectivity index (χ2v) is 8.43. The molecule has 1 unspecified atom stereocenters. The second kappa shape index (κ2) is 9.80. The van der Waals surface area contributed by atoms with Crippen molar-refractivity contribution in [1.82, 2.24) is 4.90 Å². The summed E-state index contributed by atoms with van der Waals surface area (Å²) in [4.78, 5) is 2.61. The van der Waals surface area contributed by atoms with Crippen molar-refractivity contribution in [2.45, 2.75) is 63.7 Å². The lowest BCUT2D eigenvalue weighted by Gasteiger charge is -2.36. The van der Waals surface area contributed by atoms with Gasteiger partial charge >= 0.3 is 0 Å². The minimum Gasteiger partial charge on any atom is -0.504 e. The number of phenols is 2. The number of alkyl halides is 1. The third kappa shape index (κ3) is 4.55. The molecule has 0 saturated heterocycles. The number of fused-ring (bicyclic) bond motifs is 1. The summed E-state index contributed by atoms with van der Waals surface area (Å²) in [7, 11) is 0. The lowest BCUT2D eigenvalue weighted by molar-refractivity contribution is 0.179. The predicted octanol–water partition coefficient (Wildman–Crippen LogP) is 5.56. The van der Waals surface area contributed by atoms with E-state index in [4.69, 9.17) is 0 Å². The molecule has 0 aliphatic heterocycles. The van der Waals surface area contributed by atoms with Crippen LogP contribution in [0.4, 0.5) is 0 Å². The number of aromatic hydroxyl groups is 2. The van der Waals surface area contributed by atoms with Crippen LogP contribution in [0.2, 0.25) is 0 Å². The summed E-state index contributed by atoms with van der Waals surface area (Å²) < 4.78 is 0. The number of halogens is 1. The molecular weight excluding hydrogens is 414 g/mol. The fourth-order valence-electron chi connectivity index (χ4n) is 4.55. The molecular formula is C24H32BrNO2. The first-order valence-corrected chi connectivity index (χ1v) is 11.6. The second-order valence-electron chi connectivity index (χ2n) is 7.87. The van der Waals surface area contributed by atoms with Crippen LogP contribution in [0.15, 0.2) is 30.3 Å². The van der Waals surface area contributed by atoms with E-state index in [1.54, 1.807) is 6.07 Å². The fourth-order valence-corrected chi connectivity index (χ4v) is 5.10. The van der Waals surface area contributed by atoms with Crippen LogP contribution in [-0.2, 0) is 24.6 Å². The molecule has 3 nitrogen and oxygen atoms in total. The van der Waals surface area contributed by atoms with Gasteiger partial charge in [-0.1, -0.05) is 54.0 Å². The molecule has 28 heavy (non-hydrogen) atoms. The van der Waals surface area contributed by atoms with Gasteiger partial charge in [0.2, 0.25) is 0 Å². The minimum atomic E-state index is 0.0162. The molecule has 152 valence electrons. The van der Waals surface area contributed by atoms with Gasteiger partial charge in [-0.2, -0.15) is 0 Å². The van der Waals surface area contributed by atoms with E-state index < -0.39 is 0 Å². The highest BCUT2D eigenvalue weighted by atomic mass is 79.9. The molecule has 4 heteroatoms. The zero-order chi connectivity index (χ0) is 20.1. The van der Waals surface area contributed by atoms with Crippen molar-refractivity contribution in [2.24, 2.45) is 0 Å². The summed E-state index contributed by atoms with van der Waals surface area (Å²) in [6.45, 7) is 6.73. The smallest absolute Gasteiger partial charge is 0.161 e. The van der Waals surface area contributed by atoms with Gasteiger partial charge in [0.15, 0.2) is 11.5 Å². The highest BCUT2D eigenvalue weighted by Crippen LogP contribution is 2.40. The first-order chi connectivity index (χ1) is 13.6. The van der Waals surface area contributed by atoms with Crippen LogP contribution in [0.25, 0.3) is 0 Å². The van der Waals surface area contributed by atoms with E-state index >= 15 is 0 Å². The zero-order valence-electron chi connectivity index (χ0n) is 17.0. The minimum absolute atomic E-state index is 0.0162. The highest BCUT2D eigenvalue weighted by Gasteiger charge is 2.28. The van der Waals surface area contributed by atoms with Crippen molar-refractivity contribution < 1.29 is 10.2 Å². The van der Waals surface area contributed by atoms with E-state index in [0.29, 0.717) is 12.5 Å². The third-order valence-corrected chi connectivity index (χ3v) is 6.55. The Kier molecular flexibility index (Phi) is 7.42. The number of aryl methyl sites for hydroxylation is 1. The van der Waals surface area contributed by atoms with Gasteiger partial charge in [-0.3, -0.25) is 0 Å². The van der Waals surface area contributed by atoms with Gasteiger partial charge in [0, 0.05) is 23.4 Å². The summed E-state index contributed by atoms with van der Waals surface area (Å²) in [5.41, 5.74) is 5.77. The Balaban J connectivity index is 1.97. The number of rotatable bonds is 8. The van der Waals surface area contributed by atoms with Gasteiger partial charge in [-0.05, 0) is 73.5 Å². The van der Waals surface area contributed by atoms with Crippen LogP contribution in [0.3, 0.4) is 0 Å². The van der Waals surface area contributed by atoms with Crippen LogP contribution in [0, 0.1) is 0 Å². The zero-order valence-corrected chi connectivity index (χ0v) is 18.6. The maximum Gasteiger partial charge on any atom is 0.161 e. The highest BCUT2D eigenvalue weighted by molar-refractivity contribution is 9.08. The molecule has 3 rings (SSSR count). The molecule has 1 aliphatic carbocycles. The van der Waals surface area contributed by atoms with Gasteiger partial charge in [0.1, 0.15) is 0 Å². The number of hydrogen-bond donors (Lipinski definition) is 2. The van der Waals surface area contributed by atoms with Crippen molar-refractivity contribution in [2.75, 3.05) is 13.1 Å². The van der Waals surface area contributed by atoms with E-state index in [1.807, 2.05) is 12.1 Å². The largest absolute Gasteiger partial charge is 0.504 e. The van der Waals surface area contributed by atoms with Crippen LogP contribution in [-0.4, -0.2) is 34.2 Å². The summed E-state index contributed by atoms with van der Waals surface area (Å²) in [6.07, 6.45) is 6.01. The van der Waals surface area contributed by atoms with Crippen LogP contribution < -0.4 is 0 Å². The topological polar surface area (TPSA) is 43.7 Å². The molecule has 0 aromatic heterocycles. The van der Waals surface area contributed by atoms with Gasteiger partial charge in [0.05, 0.1) is 0 Å². The molecule has 0 heterocycles. The molecule has 0 fully saturated rings. The van der Waals surface area contributed by atoms with E-state index in [9.17, 15) is 10.2 Å². The number of nitrogens with zero attached hydrogens (tertiary/aromatic N) is 1.